The van der Waals surface area contributed by atoms with Gasteiger partial charge in [-0.1, -0.05) is 18.2 Å². The molecule has 0 spiro atoms. The fourth-order valence-electron chi connectivity index (χ4n) is 3.62. The van der Waals surface area contributed by atoms with Gasteiger partial charge in [-0.3, -0.25) is 19.3 Å². The average Bonchev–Trinajstić information content (AvgIpc) is 2.74. The summed E-state index contributed by atoms with van der Waals surface area (Å²) in [5.74, 6) is -1.01. The number of thioether (sulfide) groups is 1. The molecule has 0 aromatic carbocycles. The molecule has 10 nitrogen and oxygen atoms in total. The molecule has 0 aromatic heterocycles. The molecule has 31 heavy (non-hydrogen) atoms. The first-order valence-corrected chi connectivity index (χ1v) is 10.5. The van der Waals surface area contributed by atoms with Gasteiger partial charge in [-0.15, -0.1) is 11.8 Å². The van der Waals surface area contributed by atoms with Gasteiger partial charge >= 0.3 is 11.9 Å². The first-order chi connectivity index (χ1) is 14.8. The zero-order valence-corrected chi connectivity index (χ0v) is 17.4. The van der Waals surface area contributed by atoms with E-state index in [1.54, 1.807) is 18.2 Å². The van der Waals surface area contributed by atoms with Gasteiger partial charge in [0.1, 0.15) is 29.2 Å². The summed E-state index contributed by atoms with van der Waals surface area (Å²) in [4.78, 5) is 60.5. The van der Waals surface area contributed by atoms with E-state index in [0.717, 1.165) is 4.90 Å². The van der Waals surface area contributed by atoms with Crippen LogP contribution in [0.1, 0.15) is 19.8 Å². The lowest BCUT2D eigenvalue weighted by molar-refractivity contribution is -0.151. The third-order valence-corrected chi connectivity index (χ3v) is 6.35. The Kier molecular flexibility index (Phi) is 6.79. The Bertz CT molecular complexity index is 977. The molecule has 4 N–H and O–H groups in total. The molecule has 2 amide bonds. The first-order valence-electron chi connectivity index (χ1n) is 9.46. The van der Waals surface area contributed by atoms with Gasteiger partial charge in [-0.25, -0.2) is 9.59 Å². The molecule has 1 unspecified atom stereocenters. The molecule has 1 fully saturated rings. The van der Waals surface area contributed by atoms with Gasteiger partial charge in [0.25, 0.3) is 5.91 Å². The predicted octanol–water partition coefficient (Wildman–Crippen LogP) is -0.350. The molecule has 0 radical (unpaired) electrons. The molecular weight excluding hydrogens is 426 g/mol. The van der Waals surface area contributed by atoms with Crippen LogP contribution in [0.2, 0.25) is 0 Å². The third-order valence-electron chi connectivity index (χ3n) is 5.05. The van der Waals surface area contributed by atoms with Crippen LogP contribution >= 0.6 is 11.8 Å². The minimum absolute atomic E-state index is 0.0926. The molecule has 0 saturated carbocycles. The van der Waals surface area contributed by atoms with E-state index in [1.165, 1.54) is 18.7 Å². The van der Waals surface area contributed by atoms with Crippen molar-refractivity contribution in [2.75, 3.05) is 12.3 Å². The van der Waals surface area contributed by atoms with Crippen molar-refractivity contribution in [1.82, 2.24) is 10.2 Å². The van der Waals surface area contributed by atoms with E-state index >= 15 is 0 Å². The number of carbonyl (C=O) groups is 4. The number of aliphatic carboxylic acids is 1. The molecule has 2 heterocycles. The summed E-state index contributed by atoms with van der Waals surface area (Å²) in [6, 6.07) is -0.901. The summed E-state index contributed by atoms with van der Waals surface area (Å²) in [6.07, 6.45) is 4.49. The van der Waals surface area contributed by atoms with Crippen molar-refractivity contribution in [3.8, 4) is 0 Å². The number of nitrogens with zero attached hydrogens (tertiary/aromatic N) is 1. The van der Waals surface area contributed by atoms with Crippen molar-refractivity contribution < 1.29 is 33.8 Å². The van der Waals surface area contributed by atoms with Crippen molar-refractivity contribution in [2.24, 2.45) is 5.73 Å². The second kappa shape index (κ2) is 9.34. The van der Waals surface area contributed by atoms with Crippen molar-refractivity contribution in [1.29, 1.82) is 0 Å². The number of hydrogen-bond acceptors (Lipinski definition) is 8. The summed E-state index contributed by atoms with van der Waals surface area (Å²) in [5, 5.41) is 11.7. The molecule has 164 valence electrons. The summed E-state index contributed by atoms with van der Waals surface area (Å²) < 4.78 is 5.11. The number of β-lactam (4-membered cyclic amide) rings is 1. The van der Waals surface area contributed by atoms with Crippen LogP contribution in [0.15, 0.2) is 40.6 Å². The minimum Gasteiger partial charge on any atom is -0.477 e. The largest absolute Gasteiger partial charge is 0.477 e. The number of rotatable bonds is 7. The Balaban J connectivity index is 1.75. The van der Waals surface area contributed by atoms with E-state index in [2.05, 4.69) is 5.32 Å². The lowest BCUT2D eigenvalue weighted by Gasteiger charge is -2.50. The Morgan fingerprint density at radius 3 is 2.81 bits per heavy atom. The van der Waals surface area contributed by atoms with Crippen molar-refractivity contribution in [2.45, 2.75) is 37.3 Å². The van der Waals surface area contributed by atoms with E-state index < -0.39 is 41.3 Å². The number of carboxylic acid groups (broad SMARTS) is 1. The van der Waals surface area contributed by atoms with E-state index in [0.29, 0.717) is 17.6 Å². The summed E-state index contributed by atoms with van der Waals surface area (Å²) in [6.45, 7) is 1.06. The fraction of sp³-hybridized carbons (Fsp3) is 0.400. The van der Waals surface area contributed by atoms with E-state index in [4.69, 9.17) is 10.5 Å². The number of amides is 2. The molecule has 0 aromatic rings. The van der Waals surface area contributed by atoms with Gasteiger partial charge in [0.05, 0.1) is 6.42 Å². The smallest absolute Gasteiger partial charge is 0.352 e. The lowest BCUT2D eigenvalue weighted by Crippen LogP contribution is -2.70. The molecule has 2 aliphatic heterocycles. The molecule has 1 saturated heterocycles. The lowest BCUT2D eigenvalue weighted by atomic mass is 9.96. The van der Waals surface area contributed by atoms with Gasteiger partial charge in [-0.2, -0.15) is 0 Å². The Morgan fingerprint density at radius 2 is 2.19 bits per heavy atom. The maximum Gasteiger partial charge on any atom is 0.352 e. The third kappa shape index (κ3) is 4.48. The van der Waals surface area contributed by atoms with Gasteiger partial charge in [0, 0.05) is 36.8 Å². The van der Waals surface area contributed by atoms with Gasteiger partial charge < -0.3 is 20.9 Å². The monoisotopic (exact) mass is 447 g/mol. The normalized spacial score (nSPS) is 23.3. The first kappa shape index (κ1) is 22.5. The predicted molar refractivity (Wildman–Crippen MR) is 110 cm³/mol. The van der Waals surface area contributed by atoms with Gasteiger partial charge in [0.15, 0.2) is 0 Å². The van der Waals surface area contributed by atoms with Crippen LogP contribution in [0.4, 0.5) is 0 Å². The standard InChI is InChI=1S/C20H21N3O7S/c1-10(25)30-14(7-21)13-9-31-19-16(18(27)23(19)17(13)20(28)29)22-15(26)6-11-4-2-3-5-12(11)8-24/h2-4,14,16,19H,5-7,9,21H2,1H3,(H,22,26)(H,28,29)/t14?,16-,19-/m1/s1. The van der Waals surface area contributed by atoms with Crippen molar-refractivity contribution in [3.63, 3.8) is 0 Å². The number of allylic oxidation sites excluding steroid dienone is 4. The molecule has 3 atom stereocenters. The number of ether oxygens (including phenoxy) is 1. The Labute approximate surface area is 181 Å². The topological polar surface area (TPSA) is 156 Å². The second-order valence-electron chi connectivity index (χ2n) is 7.05. The zero-order chi connectivity index (χ0) is 22.7. The SMILES string of the molecule is CC(=O)OC(CN)C1=C(C(=O)O)N2C(=O)[C@@H](NC(=O)CC3=CC=CCC3=C=O)[C@H]2SC1. The number of carboxylic acids is 1. The minimum atomic E-state index is -1.34. The highest BCUT2D eigenvalue weighted by Gasteiger charge is 2.55. The number of esters is 1. The molecule has 0 bridgehead atoms. The van der Waals surface area contributed by atoms with Crippen molar-refractivity contribution >= 4 is 41.5 Å². The van der Waals surface area contributed by atoms with Crippen LogP contribution in [-0.4, -0.2) is 69.5 Å². The summed E-state index contributed by atoms with van der Waals surface area (Å²) >= 11 is 1.25. The number of fused-ring (bicyclic) bond motifs is 1. The second-order valence-corrected chi connectivity index (χ2v) is 8.15. The average molecular weight is 447 g/mol. The number of nitrogens with one attached hydrogen (secondary N) is 1. The molecule has 11 heteroatoms. The van der Waals surface area contributed by atoms with Gasteiger partial charge in [-0.05, 0) is 5.57 Å². The molecule has 3 aliphatic rings. The maximum atomic E-state index is 12.7. The number of hydrogen-bond donors (Lipinski definition) is 3. The van der Waals surface area contributed by atoms with E-state index in [-0.39, 0.29) is 30.0 Å². The molecule has 3 rings (SSSR count). The van der Waals surface area contributed by atoms with Crippen LogP contribution in [0.25, 0.3) is 0 Å². The van der Waals surface area contributed by atoms with Crippen LogP contribution in [0.5, 0.6) is 0 Å². The van der Waals surface area contributed by atoms with E-state index in [9.17, 15) is 29.1 Å². The molecular formula is C20H21N3O7S. The maximum absolute atomic E-state index is 12.7. The highest BCUT2D eigenvalue weighted by molar-refractivity contribution is 8.00. The molecule has 1 aliphatic carbocycles. The fourth-order valence-corrected chi connectivity index (χ4v) is 5.03. The van der Waals surface area contributed by atoms with Crippen LogP contribution < -0.4 is 11.1 Å². The summed E-state index contributed by atoms with van der Waals surface area (Å²) in [7, 11) is 0. The van der Waals surface area contributed by atoms with E-state index in [1.807, 2.05) is 5.94 Å². The van der Waals surface area contributed by atoms with Crippen LogP contribution in [0.3, 0.4) is 0 Å². The quantitative estimate of drug-likeness (QED) is 0.270. The highest BCUT2D eigenvalue weighted by atomic mass is 32.2. The van der Waals surface area contributed by atoms with Crippen LogP contribution in [0, 0.1) is 0 Å². The summed E-state index contributed by atoms with van der Waals surface area (Å²) in [5.41, 5.74) is 6.51. The number of carbonyl (C=O) groups excluding carboxylic acids is 4. The highest BCUT2D eigenvalue weighted by Crippen LogP contribution is 2.41. The Morgan fingerprint density at radius 1 is 1.45 bits per heavy atom. The Hall–Kier alpha value is -3.14. The van der Waals surface area contributed by atoms with Crippen LogP contribution in [-0.2, 0) is 28.7 Å². The number of nitrogens with two attached hydrogens (primary N) is 1. The zero-order valence-electron chi connectivity index (χ0n) is 16.6. The van der Waals surface area contributed by atoms with Gasteiger partial charge in [0.2, 0.25) is 5.91 Å². The van der Waals surface area contributed by atoms with Crippen molar-refractivity contribution in [3.05, 3.63) is 40.6 Å².